The SMILES string of the molecule is CC[C@@H](N)c1ccc(Sc2n[nH]c(C)n2)cc1. The molecule has 5 heteroatoms. The van der Waals surface area contributed by atoms with Crippen LogP contribution in [0.5, 0.6) is 0 Å². The van der Waals surface area contributed by atoms with Crippen molar-refractivity contribution in [3.05, 3.63) is 35.7 Å². The molecule has 0 aliphatic heterocycles. The van der Waals surface area contributed by atoms with Crippen LogP contribution >= 0.6 is 11.8 Å². The lowest BCUT2D eigenvalue weighted by Gasteiger charge is -2.08. The molecule has 1 heterocycles. The summed E-state index contributed by atoms with van der Waals surface area (Å²) < 4.78 is 0. The Morgan fingerprint density at radius 1 is 1.35 bits per heavy atom. The maximum atomic E-state index is 5.96. The molecule has 90 valence electrons. The van der Waals surface area contributed by atoms with Gasteiger partial charge >= 0.3 is 0 Å². The Labute approximate surface area is 105 Å². The average Bonchev–Trinajstić information content (AvgIpc) is 2.75. The summed E-state index contributed by atoms with van der Waals surface area (Å²) in [6, 6.07) is 8.37. The van der Waals surface area contributed by atoms with Gasteiger partial charge in [0, 0.05) is 10.9 Å². The molecular formula is C12H16N4S. The fourth-order valence-corrected chi connectivity index (χ4v) is 2.25. The first-order valence-electron chi connectivity index (χ1n) is 5.61. The molecule has 0 saturated heterocycles. The Morgan fingerprint density at radius 2 is 2.06 bits per heavy atom. The number of aryl methyl sites for hydroxylation is 1. The molecule has 4 nitrogen and oxygen atoms in total. The largest absolute Gasteiger partial charge is 0.324 e. The maximum Gasteiger partial charge on any atom is 0.213 e. The first-order valence-corrected chi connectivity index (χ1v) is 6.43. The van der Waals surface area contributed by atoms with Crippen LogP contribution < -0.4 is 5.73 Å². The minimum Gasteiger partial charge on any atom is -0.324 e. The molecule has 2 aromatic rings. The lowest BCUT2D eigenvalue weighted by molar-refractivity contribution is 0.698. The Balaban J connectivity index is 2.08. The van der Waals surface area contributed by atoms with Crippen molar-refractivity contribution < 1.29 is 0 Å². The zero-order valence-electron chi connectivity index (χ0n) is 9.97. The molecule has 0 aliphatic carbocycles. The van der Waals surface area contributed by atoms with Gasteiger partial charge in [0.25, 0.3) is 0 Å². The molecule has 0 amide bonds. The second-order valence-corrected chi connectivity index (χ2v) is 4.93. The van der Waals surface area contributed by atoms with E-state index < -0.39 is 0 Å². The van der Waals surface area contributed by atoms with Gasteiger partial charge in [0.15, 0.2) is 0 Å². The second kappa shape index (κ2) is 5.33. The Bertz CT molecular complexity index is 478. The van der Waals surface area contributed by atoms with E-state index >= 15 is 0 Å². The third-order valence-electron chi connectivity index (χ3n) is 2.53. The topological polar surface area (TPSA) is 67.6 Å². The summed E-state index contributed by atoms with van der Waals surface area (Å²) in [5.74, 6) is 0.831. The van der Waals surface area contributed by atoms with Crippen LogP contribution in [0.1, 0.15) is 30.8 Å². The fourth-order valence-electron chi connectivity index (χ4n) is 1.49. The maximum absolute atomic E-state index is 5.96. The summed E-state index contributed by atoms with van der Waals surface area (Å²) >= 11 is 1.54. The van der Waals surface area contributed by atoms with Crippen molar-refractivity contribution in [3.8, 4) is 0 Å². The van der Waals surface area contributed by atoms with Gasteiger partial charge in [0.2, 0.25) is 5.16 Å². The second-order valence-electron chi connectivity index (χ2n) is 3.89. The number of rotatable bonds is 4. The normalized spacial score (nSPS) is 12.6. The highest BCUT2D eigenvalue weighted by Crippen LogP contribution is 2.25. The van der Waals surface area contributed by atoms with E-state index in [1.165, 1.54) is 5.56 Å². The van der Waals surface area contributed by atoms with Gasteiger partial charge in [-0.25, -0.2) is 4.98 Å². The predicted octanol–water partition coefficient (Wildman–Crippen LogP) is 2.67. The van der Waals surface area contributed by atoms with Gasteiger partial charge in [0.1, 0.15) is 5.82 Å². The lowest BCUT2D eigenvalue weighted by atomic mass is 10.1. The lowest BCUT2D eigenvalue weighted by Crippen LogP contribution is -2.07. The van der Waals surface area contributed by atoms with Crippen LogP contribution in [0, 0.1) is 6.92 Å². The molecular weight excluding hydrogens is 232 g/mol. The smallest absolute Gasteiger partial charge is 0.213 e. The van der Waals surface area contributed by atoms with E-state index in [1.54, 1.807) is 11.8 Å². The summed E-state index contributed by atoms with van der Waals surface area (Å²) in [5, 5.41) is 7.66. The van der Waals surface area contributed by atoms with Crippen molar-refractivity contribution in [3.63, 3.8) is 0 Å². The van der Waals surface area contributed by atoms with Gasteiger partial charge in [-0.1, -0.05) is 19.1 Å². The third-order valence-corrected chi connectivity index (χ3v) is 3.41. The van der Waals surface area contributed by atoms with Crippen molar-refractivity contribution in [2.75, 3.05) is 0 Å². The standard InChI is InChI=1S/C12H16N4S/c1-3-11(13)9-4-6-10(7-5-9)17-12-14-8(2)15-16-12/h4-7,11H,3,13H2,1-2H3,(H,14,15,16)/t11-/m1/s1. The summed E-state index contributed by atoms with van der Waals surface area (Å²) in [7, 11) is 0. The molecule has 17 heavy (non-hydrogen) atoms. The van der Waals surface area contributed by atoms with Crippen molar-refractivity contribution in [2.24, 2.45) is 5.73 Å². The number of hydrogen-bond donors (Lipinski definition) is 2. The van der Waals surface area contributed by atoms with Crippen molar-refractivity contribution in [2.45, 2.75) is 36.4 Å². The molecule has 0 spiro atoms. The van der Waals surface area contributed by atoms with Crippen molar-refractivity contribution in [1.29, 1.82) is 0 Å². The summed E-state index contributed by atoms with van der Waals surface area (Å²) in [6.07, 6.45) is 0.951. The highest BCUT2D eigenvalue weighted by atomic mass is 32.2. The van der Waals surface area contributed by atoms with Gasteiger partial charge in [-0.15, -0.1) is 5.10 Å². The Morgan fingerprint density at radius 3 is 2.59 bits per heavy atom. The van der Waals surface area contributed by atoms with Crippen molar-refractivity contribution >= 4 is 11.8 Å². The molecule has 3 N–H and O–H groups in total. The molecule has 1 aromatic carbocycles. The summed E-state index contributed by atoms with van der Waals surface area (Å²) in [6.45, 7) is 3.98. The van der Waals surface area contributed by atoms with Crippen LogP contribution in [0.15, 0.2) is 34.3 Å². The third kappa shape index (κ3) is 3.08. The monoisotopic (exact) mass is 248 g/mol. The van der Waals surface area contributed by atoms with Gasteiger partial charge in [-0.2, -0.15) is 0 Å². The quantitative estimate of drug-likeness (QED) is 0.873. The Hall–Kier alpha value is -1.33. The molecule has 0 saturated carbocycles. The van der Waals surface area contributed by atoms with Crippen LogP contribution in [0.4, 0.5) is 0 Å². The number of nitrogens with zero attached hydrogens (tertiary/aromatic N) is 2. The molecule has 2 rings (SSSR count). The van der Waals surface area contributed by atoms with Crippen molar-refractivity contribution in [1.82, 2.24) is 15.2 Å². The fraction of sp³-hybridized carbons (Fsp3) is 0.333. The average molecular weight is 248 g/mol. The summed E-state index contributed by atoms with van der Waals surface area (Å²) in [4.78, 5) is 5.37. The van der Waals surface area contributed by atoms with E-state index in [9.17, 15) is 0 Å². The first kappa shape index (κ1) is 12.1. The zero-order valence-corrected chi connectivity index (χ0v) is 10.8. The van der Waals surface area contributed by atoms with Crippen LogP contribution in [0.25, 0.3) is 0 Å². The number of aromatic nitrogens is 3. The predicted molar refractivity (Wildman–Crippen MR) is 68.9 cm³/mol. The van der Waals surface area contributed by atoms with Gasteiger partial charge in [-0.05, 0) is 42.8 Å². The highest BCUT2D eigenvalue weighted by molar-refractivity contribution is 7.99. The van der Waals surface area contributed by atoms with E-state index in [2.05, 4.69) is 46.4 Å². The Kier molecular flexibility index (Phi) is 3.81. The molecule has 0 aliphatic rings. The van der Waals surface area contributed by atoms with E-state index in [4.69, 9.17) is 5.73 Å². The molecule has 0 bridgehead atoms. The molecule has 0 radical (unpaired) electrons. The number of H-pyrrole nitrogens is 1. The highest BCUT2D eigenvalue weighted by Gasteiger charge is 2.05. The minimum atomic E-state index is 0.125. The number of nitrogens with one attached hydrogen (secondary N) is 1. The van der Waals surface area contributed by atoms with E-state index in [-0.39, 0.29) is 6.04 Å². The molecule has 0 unspecified atom stereocenters. The van der Waals surface area contributed by atoms with Gasteiger partial charge < -0.3 is 5.73 Å². The molecule has 0 fully saturated rings. The number of hydrogen-bond acceptors (Lipinski definition) is 4. The zero-order chi connectivity index (χ0) is 12.3. The number of aromatic amines is 1. The van der Waals surface area contributed by atoms with E-state index in [0.29, 0.717) is 0 Å². The minimum absolute atomic E-state index is 0.125. The van der Waals surface area contributed by atoms with Crippen LogP contribution in [0.2, 0.25) is 0 Å². The molecule has 1 atom stereocenters. The van der Waals surface area contributed by atoms with Gasteiger partial charge in [-0.3, -0.25) is 5.10 Å². The van der Waals surface area contributed by atoms with Gasteiger partial charge in [0.05, 0.1) is 0 Å². The first-order chi connectivity index (χ1) is 8.19. The van der Waals surface area contributed by atoms with E-state index in [0.717, 1.165) is 22.3 Å². The van der Waals surface area contributed by atoms with Crippen LogP contribution in [-0.4, -0.2) is 15.2 Å². The number of benzene rings is 1. The number of nitrogens with two attached hydrogens (primary N) is 1. The molecule has 1 aromatic heterocycles. The van der Waals surface area contributed by atoms with E-state index in [1.807, 2.05) is 6.92 Å². The van der Waals surface area contributed by atoms with Crippen LogP contribution in [0.3, 0.4) is 0 Å². The summed E-state index contributed by atoms with van der Waals surface area (Å²) in [5.41, 5.74) is 7.13. The van der Waals surface area contributed by atoms with Crippen LogP contribution in [-0.2, 0) is 0 Å².